The summed E-state index contributed by atoms with van der Waals surface area (Å²) in [7, 11) is 0. The summed E-state index contributed by atoms with van der Waals surface area (Å²) in [5, 5.41) is 0. The molecule has 0 saturated carbocycles. The largest absolute Gasteiger partial charge is 0.494 e. The summed E-state index contributed by atoms with van der Waals surface area (Å²) >= 11 is 1.30. The van der Waals surface area contributed by atoms with Gasteiger partial charge in [-0.3, -0.25) is 9.36 Å². The molecule has 4 rings (SSSR count). The third-order valence-corrected chi connectivity index (χ3v) is 6.87. The van der Waals surface area contributed by atoms with Gasteiger partial charge in [0.1, 0.15) is 12.4 Å². The lowest BCUT2D eigenvalue weighted by molar-refractivity contribution is -0.138. The number of fused-ring (bicyclic) bond motifs is 1. The van der Waals surface area contributed by atoms with Crippen molar-refractivity contribution in [2.24, 2.45) is 4.99 Å². The molecular weight excluding hydrogens is 484 g/mol. The third-order valence-electron chi connectivity index (χ3n) is 5.87. The molecule has 37 heavy (non-hydrogen) atoms. The predicted molar refractivity (Wildman–Crippen MR) is 148 cm³/mol. The molecule has 3 aromatic rings. The lowest BCUT2D eigenvalue weighted by Crippen LogP contribution is -2.39. The number of nitrogens with zero attached hydrogens (tertiary/aromatic N) is 2. The van der Waals surface area contributed by atoms with Crippen LogP contribution in [0.1, 0.15) is 43.9 Å². The summed E-state index contributed by atoms with van der Waals surface area (Å²) in [6, 6.07) is 16.7. The van der Waals surface area contributed by atoms with Gasteiger partial charge in [-0.15, -0.1) is 0 Å². The molecule has 1 aromatic heterocycles. The Morgan fingerprint density at radius 3 is 2.62 bits per heavy atom. The zero-order chi connectivity index (χ0) is 26.2. The second-order valence-electron chi connectivity index (χ2n) is 8.53. The molecule has 1 aliphatic heterocycles. The normalized spacial score (nSPS) is 15.4. The van der Waals surface area contributed by atoms with E-state index in [2.05, 4.69) is 18.5 Å². The van der Waals surface area contributed by atoms with Crippen molar-refractivity contribution in [2.45, 2.75) is 32.7 Å². The molecule has 7 heteroatoms. The number of allylic oxidation sites excluding steroid dienone is 2. The van der Waals surface area contributed by atoms with Crippen molar-refractivity contribution < 1.29 is 14.3 Å². The Balaban J connectivity index is 1.77. The summed E-state index contributed by atoms with van der Waals surface area (Å²) in [5.41, 5.74) is 2.45. The van der Waals surface area contributed by atoms with Crippen molar-refractivity contribution in [2.75, 3.05) is 13.2 Å². The third kappa shape index (κ3) is 6.06. The van der Waals surface area contributed by atoms with Crippen molar-refractivity contribution in [3.63, 3.8) is 0 Å². The number of hydrogen-bond acceptors (Lipinski definition) is 6. The van der Waals surface area contributed by atoms with Crippen LogP contribution < -0.4 is 19.6 Å². The van der Waals surface area contributed by atoms with Crippen LogP contribution in [0.15, 0.2) is 94.4 Å². The molecule has 1 atom stereocenters. The fraction of sp³-hybridized carbons (Fsp3) is 0.233. The molecule has 190 valence electrons. The average Bonchev–Trinajstić information content (AvgIpc) is 3.22. The summed E-state index contributed by atoms with van der Waals surface area (Å²) < 4.78 is 13.3. The zero-order valence-corrected chi connectivity index (χ0v) is 21.9. The number of thiazole rings is 1. The van der Waals surface area contributed by atoms with Crippen molar-refractivity contribution in [1.82, 2.24) is 4.57 Å². The Morgan fingerprint density at radius 2 is 1.92 bits per heavy atom. The Morgan fingerprint density at radius 1 is 1.16 bits per heavy atom. The minimum Gasteiger partial charge on any atom is -0.494 e. The van der Waals surface area contributed by atoms with Crippen LogP contribution in [0.4, 0.5) is 0 Å². The van der Waals surface area contributed by atoms with E-state index < -0.39 is 12.0 Å². The van der Waals surface area contributed by atoms with Gasteiger partial charge in [0.15, 0.2) is 4.80 Å². The molecule has 0 fully saturated rings. The number of carbonyl (C=O) groups excluding carboxylic acids is 1. The van der Waals surface area contributed by atoms with Gasteiger partial charge < -0.3 is 9.47 Å². The summed E-state index contributed by atoms with van der Waals surface area (Å²) in [6.45, 7) is 8.22. The van der Waals surface area contributed by atoms with Crippen LogP contribution in [0.2, 0.25) is 0 Å². The van der Waals surface area contributed by atoms with Crippen LogP contribution in [-0.2, 0) is 9.53 Å². The second-order valence-corrected chi connectivity index (χ2v) is 9.54. The number of hydrogen-bond donors (Lipinski definition) is 0. The van der Waals surface area contributed by atoms with Gasteiger partial charge in [-0.25, -0.2) is 9.79 Å². The molecule has 0 saturated heterocycles. The standard InChI is InChI=1S/C30H30N2O4S/c1-4-6-20-35-24-17-15-23(16-18-24)27-26(29(34)36-19-5-2)21(3)31-30-32(27)28(33)25(37-30)14-10-13-22-11-8-7-9-12-22/h5,7-18,27H,2,4,6,19-20H2,1,3H3. The molecule has 0 aliphatic carbocycles. The van der Waals surface area contributed by atoms with E-state index in [9.17, 15) is 9.59 Å². The summed E-state index contributed by atoms with van der Waals surface area (Å²) in [6.07, 6.45) is 9.11. The summed E-state index contributed by atoms with van der Waals surface area (Å²) in [4.78, 5) is 31.9. The Kier molecular flexibility index (Phi) is 8.69. The number of unbranched alkanes of at least 4 members (excludes halogenated alkanes) is 1. The molecule has 0 amide bonds. The van der Waals surface area contributed by atoms with Crippen LogP contribution >= 0.6 is 11.3 Å². The first-order valence-corrected chi connectivity index (χ1v) is 13.1. The second kappa shape index (κ2) is 12.3. The molecule has 0 radical (unpaired) electrons. The molecule has 1 unspecified atom stereocenters. The molecule has 2 heterocycles. The van der Waals surface area contributed by atoms with Gasteiger partial charge in [-0.2, -0.15) is 0 Å². The van der Waals surface area contributed by atoms with Crippen LogP contribution in [-0.4, -0.2) is 23.8 Å². The topological polar surface area (TPSA) is 69.9 Å². The van der Waals surface area contributed by atoms with Gasteiger partial charge in [-0.05, 0) is 42.7 Å². The van der Waals surface area contributed by atoms with E-state index in [1.807, 2.05) is 66.7 Å². The van der Waals surface area contributed by atoms with Crippen LogP contribution in [0.3, 0.4) is 0 Å². The first kappa shape index (κ1) is 26.1. The van der Waals surface area contributed by atoms with Crippen LogP contribution in [0, 0.1) is 0 Å². The van der Waals surface area contributed by atoms with Crippen molar-refractivity contribution >= 4 is 29.5 Å². The average molecular weight is 515 g/mol. The van der Waals surface area contributed by atoms with E-state index in [1.165, 1.54) is 17.4 Å². The minimum atomic E-state index is -0.668. The van der Waals surface area contributed by atoms with Crippen LogP contribution in [0.25, 0.3) is 12.2 Å². The maximum Gasteiger partial charge on any atom is 0.338 e. The molecule has 6 nitrogen and oxygen atoms in total. The van der Waals surface area contributed by atoms with Gasteiger partial charge in [0.25, 0.3) is 5.56 Å². The number of carbonyl (C=O) groups is 1. The van der Waals surface area contributed by atoms with E-state index in [0.717, 1.165) is 29.7 Å². The highest BCUT2D eigenvalue weighted by Gasteiger charge is 2.33. The van der Waals surface area contributed by atoms with Crippen LogP contribution in [0.5, 0.6) is 5.75 Å². The Hall–Kier alpha value is -3.97. The highest BCUT2D eigenvalue weighted by molar-refractivity contribution is 7.07. The van der Waals surface area contributed by atoms with Crippen molar-refractivity contribution in [3.05, 3.63) is 115 Å². The maximum atomic E-state index is 13.6. The predicted octanol–water partition coefficient (Wildman–Crippen LogP) is 4.81. The molecule has 1 aliphatic rings. The van der Waals surface area contributed by atoms with Crippen molar-refractivity contribution in [1.29, 1.82) is 0 Å². The summed E-state index contributed by atoms with van der Waals surface area (Å²) in [5.74, 6) is 0.222. The minimum absolute atomic E-state index is 0.0707. The SMILES string of the molecule is C=CCOC(=O)C1=C(C)N=c2sc(=CC=Cc3ccccc3)c(=O)n2C1c1ccc(OCCCC)cc1. The Bertz CT molecular complexity index is 1500. The molecule has 0 N–H and O–H groups in total. The number of ether oxygens (including phenoxy) is 2. The number of benzene rings is 2. The number of esters is 1. The molecule has 2 aromatic carbocycles. The van der Waals surface area contributed by atoms with E-state index >= 15 is 0 Å². The van der Waals surface area contributed by atoms with Gasteiger partial charge in [-0.1, -0.05) is 92.0 Å². The zero-order valence-electron chi connectivity index (χ0n) is 21.1. The van der Waals surface area contributed by atoms with Gasteiger partial charge in [0, 0.05) is 0 Å². The highest BCUT2D eigenvalue weighted by atomic mass is 32.1. The smallest absolute Gasteiger partial charge is 0.338 e. The quantitative estimate of drug-likeness (QED) is 0.221. The molecule has 0 bridgehead atoms. The first-order valence-electron chi connectivity index (χ1n) is 12.3. The number of aromatic nitrogens is 1. The van der Waals surface area contributed by atoms with E-state index in [4.69, 9.17) is 9.47 Å². The van der Waals surface area contributed by atoms with E-state index in [-0.39, 0.29) is 12.2 Å². The highest BCUT2D eigenvalue weighted by Crippen LogP contribution is 2.31. The first-order chi connectivity index (χ1) is 18.0. The fourth-order valence-electron chi connectivity index (χ4n) is 4.02. The van der Waals surface area contributed by atoms with Crippen molar-refractivity contribution in [3.8, 4) is 5.75 Å². The van der Waals surface area contributed by atoms with Gasteiger partial charge in [0.05, 0.1) is 28.5 Å². The lowest BCUT2D eigenvalue weighted by atomic mass is 9.96. The molecular formula is C30H30N2O4S. The maximum absolute atomic E-state index is 13.6. The van der Waals surface area contributed by atoms with Gasteiger partial charge in [0.2, 0.25) is 0 Å². The Labute approximate surface area is 220 Å². The molecule has 0 spiro atoms. The monoisotopic (exact) mass is 514 g/mol. The van der Waals surface area contributed by atoms with E-state index in [0.29, 0.717) is 27.2 Å². The number of rotatable bonds is 10. The van der Waals surface area contributed by atoms with E-state index in [1.54, 1.807) is 17.6 Å². The lowest BCUT2D eigenvalue weighted by Gasteiger charge is -2.24. The van der Waals surface area contributed by atoms with Gasteiger partial charge >= 0.3 is 5.97 Å². The fourth-order valence-corrected chi connectivity index (χ4v) is 5.01.